The Morgan fingerprint density at radius 3 is 2.47 bits per heavy atom. The Kier molecular flexibility index (Phi) is 6.48. The summed E-state index contributed by atoms with van der Waals surface area (Å²) in [4.78, 5) is 0. The van der Waals surface area contributed by atoms with E-state index in [1.54, 1.807) is 7.11 Å². The van der Waals surface area contributed by atoms with Crippen LogP contribution in [0.3, 0.4) is 0 Å². The van der Waals surface area contributed by atoms with Crippen molar-refractivity contribution in [3.05, 3.63) is 35.4 Å². The monoisotopic (exact) mass is 225 g/mol. The van der Waals surface area contributed by atoms with Gasteiger partial charge >= 0.3 is 0 Å². The van der Waals surface area contributed by atoms with Gasteiger partial charge in [-0.1, -0.05) is 24.3 Å². The summed E-state index contributed by atoms with van der Waals surface area (Å²) in [5.74, 6) is 1.17. The van der Waals surface area contributed by atoms with Crippen molar-refractivity contribution in [2.75, 3.05) is 25.7 Å². The minimum Gasteiger partial charge on any atom is -0.380 e. The topological polar surface area (TPSA) is 21.3 Å². The second-order valence-electron chi connectivity index (χ2n) is 3.42. The Bertz CT molecular complexity index is 261. The van der Waals surface area contributed by atoms with Gasteiger partial charge in [-0.15, -0.1) is 0 Å². The summed E-state index contributed by atoms with van der Waals surface area (Å²) in [6.07, 6.45) is 2.13. The first-order valence-electron chi connectivity index (χ1n) is 5.13. The third kappa shape index (κ3) is 5.21. The van der Waals surface area contributed by atoms with E-state index < -0.39 is 0 Å². The maximum Gasteiger partial charge on any atom is 0.0713 e. The molecule has 3 heteroatoms. The Morgan fingerprint density at radius 2 is 1.87 bits per heavy atom. The molecule has 0 aliphatic rings. The van der Waals surface area contributed by atoms with E-state index in [-0.39, 0.29) is 0 Å². The summed E-state index contributed by atoms with van der Waals surface area (Å²) in [5.41, 5.74) is 2.56. The molecule has 0 saturated heterocycles. The van der Waals surface area contributed by atoms with E-state index in [0.717, 1.165) is 13.1 Å². The van der Waals surface area contributed by atoms with Crippen molar-refractivity contribution in [3.8, 4) is 0 Å². The second kappa shape index (κ2) is 7.74. The molecule has 1 aromatic rings. The Morgan fingerprint density at radius 1 is 1.20 bits per heavy atom. The molecule has 2 nitrogen and oxygen atoms in total. The van der Waals surface area contributed by atoms with Gasteiger partial charge in [-0.3, -0.25) is 0 Å². The van der Waals surface area contributed by atoms with Crippen LogP contribution in [-0.2, 0) is 17.9 Å². The number of ether oxygens (including phenoxy) is 1. The molecule has 0 amide bonds. The zero-order chi connectivity index (χ0) is 10.9. The van der Waals surface area contributed by atoms with Gasteiger partial charge in [0.1, 0.15) is 0 Å². The molecule has 0 bridgehead atoms. The minimum atomic E-state index is 0.695. The fourth-order valence-electron chi connectivity index (χ4n) is 1.33. The molecule has 0 aliphatic heterocycles. The van der Waals surface area contributed by atoms with E-state index >= 15 is 0 Å². The molecule has 0 fully saturated rings. The van der Waals surface area contributed by atoms with E-state index in [2.05, 4.69) is 35.8 Å². The molecular weight excluding hydrogens is 206 g/mol. The average molecular weight is 225 g/mol. The van der Waals surface area contributed by atoms with Crippen molar-refractivity contribution in [3.63, 3.8) is 0 Å². The normalized spacial score (nSPS) is 10.5. The van der Waals surface area contributed by atoms with Gasteiger partial charge in [-0.2, -0.15) is 11.8 Å². The summed E-state index contributed by atoms with van der Waals surface area (Å²) in [6, 6.07) is 8.55. The molecule has 0 heterocycles. The Balaban J connectivity index is 2.29. The minimum absolute atomic E-state index is 0.695. The second-order valence-corrected chi connectivity index (χ2v) is 4.40. The average Bonchev–Trinajstić information content (AvgIpc) is 2.27. The number of hydrogen-bond acceptors (Lipinski definition) is 3. The van der Waals surface area contributed by atoms with Gasteiger partial charge in [0.15, 0.2) is 0 Å². The van der Waals surface area contributed by atoms with E-state index in [0.29, 0.717) is 6.61 Å². The molecule has 1 rings (SSSR count). The maximum absolute atomic E-state index is 5.06. The third-order valence-electron chi connectivity index (χ3n) is 2.15. The smallest absolute Gasteiger partial charge is 0.0713 e. The van der Waals surface area contributed by atoms with Gasteiger partial charge in [-0.25, -0.2) is 0 Å². The van der Waals surface area contributed by atoms with Crippen molar-refractivity contribution >= 4 is 11.8 Å². The van der Waals surface area contributed by atoms with Crippen LogP contribution in [0.2, 0.25) is 0 Å². The van der Waals surface area contributed by atoms with Crippen LogP contribution < -0.4 is 5.32 Å². The van der Waals surface area contributed by atoms with Crippen LogP contribution >= 0.6 is 11.8 Å². The summed E-state index contributed by atoms with van der Waals surface area (Å²) in [7, 11) is 1.72. The lowest BCUT2D eigenvalue weighted by Gasteiger charge is -2.05. The third-order valence-corrected chi connectivity index (χ3v) is 2.76. The molecule has 0 radical (unpaired) electrons. The highest BCUT2D eigenvalue weighted by molar-refractivity contribution is 7.98. The van der Waals surface area contributed by atoms with E-state index in [4.69, 9.17) is 4.74 Å². The zero-order valence-corrected chi connectivity index (χ0v) is 10.3. The number of benzene rings is 1. The molecule has 1 aromatic carbocycles. The number of rotatable bonds is 7. The van der Waals surface area contributed by atoms with Gasteiger partial charge in [-0.05, 0) is 17.4 Å². The number of thioether (sulfide) groups is 1. The molecule has 0 spiro atoms. The van der Waals surface area contributed by atoms with E-state index in [1.807, 2.05) is 11.8 Å². The van der Waals surface area contributed by atoms with Gasteiger partial charge in [0.05, 0.1) is 6.61 Å². The predicted molar refractivity (Wildman–Crippen MR) is 67.2 cm³/mol. The van der Waals surface area contributed by atoms with Gasteiger partial charge in [0, 0.05) is 26.0 Å². The molecule has 0 aliphatic carbocycles. The summed E-state index contributed by atoms with van der Waals surface area (Å²) < 4.78 is 5.06. The van der Waals surface area contributed by atoms with E-state index in [1.165, 1.54) is 16.9 Å². The molecular formula is C12H19NOS. The summed E-state index contributed by atoms with van der Waals surface area (Å²) in [6.45, 7) is 2.72. The van der Waals surface area contributed by atoms with Crippen LogP contribution in [-0.4, -0.2) is 25.7 Å². The quantitative estimate of drug-likeness (QED) is 0.719. The van der Waals surface area contributed by atoms with Crippen LogP contribution in [0, 0.1) is 0 Å². The van der Waals surface area contributed by atoms with Crippen molar-refractivity contribution < 1.29 is 4.74 Å². The first-order valence-corrected chi connectivity index (χ1v) is 6.52. The number of methoxy groups -OCH3 is 1. The molecule has 0 unspecified atom stereocenters. The molecule has 84 valence electrons. The maximum atomic E-state index is 5.06. The highest BCUT2D eigenvalue weighted by atomic mass is 32.2. The fourth-order valence-corrected chi connectivity index (χ4v) is 1.68. The van der Waals surface area contributed by atoms with E-state index in [9.17, 15) is 0 Å². The lowest BCUT2D eigenvalue weighted by atomic mass is 10.1. The molecule has 0 saturated carbocycles. The first kappa shape index (κ1) is 12.6. The largest absolute Gasteiger partial charge is 0.380 e. The first-order chi connectivity index (χ1) is 7.36. The molecule has 0 atom stereocenters. The summed E-state index contributed by atoms with van der Waals surface area (Å²) >= 11 is 1.87. The molecule has 15 heavy (non-hydrogen) atoms. The van der Waals surface area contributed by atoms with Crippen LogP contribution in [0.15, 0.2) is 24.3 Å². The van der Waals surface area contributed by atoms with Crippen molar-refractivity contribution in [2.24, 2.45) is 0 Å². The van der Waals surface area contributed by atoms with Crippen LogP contribution in [0.5, 0.6) is 0 Å². The summed E-state index contributed by atoms with van der Waals surface area (Å²) in [5, 5.41) is 3.40. The van der Waals surface area contributed by atoms with Crippen LogP contribution in [0.25, 0.3) is 0 Å². The predicted octanol–water partition coefficient (Wildman–Crippen LogP) is 2.29. The highest BCUT2D eigenvalue weighted by Crippen LogP contribution is 2.05. The van der Waals surface area contributed by atoms with Gasteiger partial charge in [0.2, 0.25) is 0 Å². The fraction of sp³-hybridized carbons (Fsp3) is 0.500. The Hall–Kier alpha value is -0.510. The standard InChI is InChI=1S/C12H19NOS/c1-14-10-12-5-3-11(4-6-12)9-13-7-8-15-2/h3-6,13H,7-10H2,1-2H3. The molecule has 0 aromatic heterocycles. The van der Waals surface area contributed by atoms with Crippen LogP contribution in [0.4, 0.5) is 0 Å². The lowest BCUT2D eigenvalue weighted by molar-refractivity contribution is 0.185. The van der Waals surface area contributed by atoms with Gasteiger partial charge < -0.3 is 10.1 Å². The lowest BCUT2D eigenvalue weighted by Crippen LogP contribution is -2.16. The van der Waals surface area contributed by atoms with Crippen molar-refractivity contribution in [1.82, 2.24) is 5.32 Å². The van der Waals surface area contributed by atoms with Crippen LogP contribution in [0.1, 0.15) is 11.1 Å². The number of hydrogen-bond donors (Lipinski definition) is 1. The molecule has 1 N–H and O–H groups in total. The SMILES string of the molecule is COCc1ccc(CNCCSC)cc1. The Labute approximate surface area is 96.4 Å². The zero-order valence-electron chi connectivity index (χ0n) is 9.45. The highest BCUT2D eigenvalue weighted by Gasteiger charge is 1.94. The number of nitrogens with one attached hydrogen (secondary N) is 1. The van der Waals surface area contributed by atoms with Crippen molar-refractivity contribution in [2.45, 2.75) is 13.2 Å². The van der Waals surface area contributed by atoms with Gasteiger partial charge in [0.25, 0.3) is 0 Å². The van der Waals surface area contributed by atoms with Crippen molar-refractivity contribution in [1.29, 1.82) is 0 Å².